The number of carbonyl (C=O) groups excluding carboxylic acids is 1. The fourth-order valence-electron chi connectivity index (χ4n) is 1.84. The molecule has 0 aliphatic heterocycles. The van der Waals surface area contributed by atoms with Crippen molar-refractivity contribution in [2.24, 2.45) is 0 Å². The van der Waals surface area contributed by atoms with E-state index in [0.29, 0.717) is 17.9 Å². The summed E-state index contributed by atoms with van der Waals surface area (Å²) < 4.78 is 5.61. The molecule has 0 fully saturated rings. The van der Waals surface area contributed by atoms with E-state index in [1.807, 2.05) is 32.0 Å². The molecule has 1 atom stereocenters. The van der Waals surface area contributed by atoms with E-state index >= 15 is 0 Å². The number of nitrogens with one attached hydrogen (secondary N) is 1. The van der Waals surface area contributed by atoms with Crippen LogP contribution in [-0.4, -0.2) is 17.3 Å². The maximum absolute atomic E-state index is 11.7. The number of rotatable bonds is 7. The second-order valence-electron chi connectivity index (χ2n) is 4.55. The van der Waals surface area contributed by atoms with Crippen LogP contribution in [0.15, 0.2) is 18.2 Å². The molecule has 0 saturated carbocycles. The maximum atomic E-state index is 11.7. The number of carbonyl (C=O) groups is 1. The number of alkyl halides is 1. The second kappa shape index (κ2) is 8.20. The number of anilines is 1. The van der Waals surface area contributed by atoms with Crippen molar-refractivity contribution in [2.75, 3.05) is 11.9 Å². The van der Waals surface area contributed by atoms with Crippen molar-refractivity contribution < 1.29 is 9.53 Å². The molecule has 0 radical (unpaired) electrons. The molecule has 0 aliphatic rings. The number of ether oxygens (including phenoxy) is 1. The fraction of sp³-hybridized carbons (Fsp3) is 0.533. The van der Waals surface area contributed by atoms with E-state index in [9.17, 15) is 4.79 Å². The number of hydrogen-bond donors (Lipinski definition) is 1. The third kappa shape index (κ3) is 5.64. The molecule has 0 spiro atoms. The van der Waals surface area contributed by atoms with Crippen LogP contribution in [0.5, 0.6) is 5.75 Å². The summed E-state index contributed by atoms with van der Waals surface area (Å²) in [4.78, 5) is 12.1. The van der Waals surface area contributed by atoms with E-state index in [0.717, 1.165) is 24.3 Å². The first-order valence-electron chi connectivity index (χ1n) is 6.76. The highest BCUT2D eigenvalue weighted by molar-refractivity contribution is 9.09. The van der Waals surface area contributed by atoms with Gasteiger partial charge in [-0.2, -0.15) is 0 Å². The van der Waals surface area contributed by atoms with Gasteiger partial charge in [-0.3, -0.25) is 4.79 Å². The summed E-state index contributed by atoms with van der Waals surface area (Å²) in [5.74, 6) is 0.780. The van der Waals surface area contributed by atoms with Crippen molar-refractivity contribution in [3.63, 3.8) is 0 Å². The summed E-state index contributed by atoms with van der Waals surface area (Å²) in [6, 6.07) is 5.95. The van der Waals surface area contributed by atoms with Crippen LogP contribution in [0.3, 0.4) is 0 Å². The van der Waals surface area contributed by atoms with Crippen molar-refractivity contribution in [3.8, 4) is 5.75 Å². The van der Waals surface area contributed by atoms with Gasteiger partial charge in [0.15, 0.2) is 0 Å². The lowest BCUT2D eigenvalue weighted by molar-refractivity contribution is -0.116. The third-order valence-corrected chi connectivity index (χ3v) is 2.94. The predicted octanol–water partition coefficient (Wildman–Crippen LogP) is 4.15. The SMILES string of the molecule is CCCC(=O)Nc1ccc(CC(C)Br)cc1OCC. The van der Waals surface area contributed by atoms with E-state index in [-0.39, 0.29) is 5.91 Å². The Labute approximate surface area is 123 Å². The largest absolute Gasteiger partial charge is 0.492 e. The maximum Gasteiger partial charge on any atom is 0.224 e. The molecule has 1 aromatic carbocycles. The fourth-order valence-corrected chi connectivity index (χ4v) is 2.21. The van der Waals surface area contributed by atoms with Gasteiger partial charge in [0.25, 0.3) is 0 Å². The molecule has 19 heavy (non-hydrogen) atoms. The minimum absolute atomic E-state index is 0.0325. The average Bonchev–Trinajstić information content (AvgIpc) is 2.32. The normalized spacial score (nSPS) is 12.0. The zero-order valence-corrected chi connectivity index (χ0v) is 13.4. The molecule has 0 saturated heterocycles. The molecule has 1 N–H and O–H groups in total. The Kier molecular flexibility index (Phi) is 6.92. The summed E-state index contributed by atoms with van der Waals surface area (Å²) in [7, 11) is 0. The topological polar surface area (TPSA) is 38.3 Å². The van der Waals surface area contributed by atoms with Crippen LogP contribution in [0, 0.1) is 0 Å². The van der Waals surface area contributed by atoms with Crippen LogP contribution in [0.1, 0.15) is 39.2 Å². The Balaban J connectivity index is 2.87. The summed E-state index contributed by atoms with van der Waals surface area (Å²) in [5, 5.41) is 2.90. The predicted molar refractivity (Wildman–Crippen MR) is 83.2 cm³/mol. The lowest BCUT2D eigenvalue weighted by Gasteiger charge is -2.13. The van der Waals surface area contributed by atoms with Crippen LogP contribution in [0.25, 0.3) is 0 Å². The molecule has 0 aromatic heterocycles. The van der Waals surface area contributed by atoms with Crippen LogP contribution >= 0.6 is 15.9 Å². The first-order chi connectivity index (χ1) is 9.06. The quantitative estimate of drug-likeness (QED) is 0.764. The Morgan fingerprint density at radius 1 is 1.42 bits per heavy atom. The summed E-state index contributed by atoms with van der Waals surface area (Å²) in [5.41, 5.74) is 1.95. The van der Waals surface area contributed by atoms with Crippen LogP contribution in [0.4, 0.5) is 5.69 Å². The lowest BCUT2D eigenvalue weighted by atomic mass is 10.1. The summed E-state index contributed by atoms with van der Waals surface area (Å²) >= 11 is 3.54. The highest BCUT2D eigenvalue weighted by atomic mass is 79.9. The van der Waals surface area contributed by atoms with Gasteiger partial charge < -0.3 is 10.1 Å². The number of hydrogen-bond acceptors (Lipinski definition) is 2. The Morgan fingerprint density at radius 3 is 2.74 bits per heavy atom. The standard InChI is InChI=1S/C15H22BrNO2/c1-4-6-15(18)17-13-8-7-12(9-11(3)16)10-14(13)19-5-2/h7-8,10-11H,4-6,9H2,1-3H3,(H,17,18). The Morgan fingerprint density at radius 2 is 2.16 bits per heavy atom. The van der Waals surface area contributed by atoms with Crippen LogP contribution < -0.4 is 10.1 Å². The Hall–Kier alpha value is -1.03. The Bertz CT molecular complexity index is 419. The van der Waals surface area contributed by atoms with Crippen molar-refractivity contribution in [3.05, 3.63) is 23.8 Å². The van der Waals surface area contributed by atoms with Crippen molar-refractivity contribution in [1.82, 2.24) is 0 Å². The van der Waals surface area contributed by atoms with Gasteiger partial charge in [-0.25, -0.2) is 0 Å². The van der Waals surface area contributed by atoms with E-state index in [4.69, 9.17) is 4.74 Å². The molecule has 1 amide bonds. The van der Waals surface area contributed by atoms with Gasteiger partial charge in [-0.1, -0.05) is 35.8 Å². The zero-order valence-electron chi connectivity index (χ0n) is 11.8. The molecular weight excluding hydrogens is 306 g/mol. The average molecular weight is 328 g/mol. The molecule has 0 heterocycles. The van der Waals surface area contributed by atoms with Gasteiger partial charge in [0.1, 0.15) is 5.75 Å². The zero-order chi connectivity index (χ0) is 14.3. The van der Waals surface area contributed by atoms with Crippen LogP contribution in [-0.2, 0) is 11.2 Å². The van der Waals surface area contributed by atoms with Crippen LogP contribution in [0.2, 0.25) is 0 Å². The van der Waals surface area contributed by atoms with E-state index in [1.165, 1.54) is 5.56 Å². The van der Waals surface area contributed by atoms with E-state index in [1.54, 1.807) is 0 Å². The third-order valence-electron chi connectivity index (χ3n) is 2.61. The molecule has 1 aromatic rings. The van der Waals surface area contributed by atoms with Crippen molar-refractivity contribution in [1.29, 1.82) is 0 Å². The summed E-state index contributed by atoms with van der Waals surface area (Å²) in [6.45, 7) is 6.63. The highest BCUT2D eigenvalue weighted by Gasteiger charge is 2.09. The van der Waals surface area contributed by atoms with E-state index in [2.05, 4.69) is 28.2 Å². The van der Waals surface area contributed by atoms with Gasteiger partial charge in [0, 0.05) is 11.2 Å². The first-order valence-corrected chi connectivity index (χ1v) is 7.68. The van der Waals surface area contributed by atoms with Gasteiger partial charge in [0.2, 0.25) is 5.91 Å². The summed E-state index contributed by atoms with van der Waals surface area (Å²) in [6.07, 6.45) is 2.31. The van der Waals surface area contributed by atoms with E-state index < -0.39 is 0 Å². The minimum Gasteiger partial charge on any atom is -0.492 e. The molecule has 1 rings (SSSR count). The monoisotopic (exact) mass is 327 g/mol. The molecular formula is C15H22BrNO2. The first kappa shape index (κ1) is 16.0. The lowest BCUT2D eigenvalue weighted by Crippen LogP contribution is -2.12. The van der Waals surface area contributed by atoms with Gasteiger partial charge >= 0.3 is 0 Å². The van der Waals surface area contributed by atoms with Crippen molar-refractivity contribution in [2.45, 2.75) is 44.9 Å². The van der Waals surface area contributed by atoms with Gasteiger partial charge in [-0.15, -0.1) is 0 Å². The number of amides is 1. The second-order valence-corrected chi connectivity index (χ2v) is 6.11. The number of halogens is 1. The smallest absolute Gasteiger partial charge is 0.224 e. The van der Waals surface area contributed by atoms with Gasteiger partial charge in [-0.05, 0) is 37.5 Å². The molecule has 0 aliphatic carbocycles. The minimum atomic E-state index is 0.0325. The molecule has 0 bridgehead atoms. The number of benzene rings is 1. The molecule has 1 unspecified atom stereocenters. The molecule has 106 valence electrons. The molecule has 3 nitrogen and oxygen atoms in total. The van der Waals surface area contributed by atoms with Gasteiger partial charge in [0.05, 0.1) is 12.3 Å². The molecule has 4 heteroatoms. The van der Waals surface area contributed by atoms with Crippen molar-refractivity contribution >= 4 is 27.5 Å². The highest BCUT2D eigenvalue weighted by Crippen LogP contribution is 2.27.